The number of hydrogen-bond donors (Lipinski definition) is 2. The van der Waals surface area contributed by atoms with Crippen molar-refractivity contribution in [3.8, 4) is 11.5 Å². The van der Waals surface area contributed by atoms with Crippen molar-refractivity contribution < 1.29 is 17.6 Å². The van der Waals surface area contributed by atoms with Crippen molar-refractivity contribution in [1.82, 2.24) is 10.3 Å². The highest BCUT2D eigenvalue weighted by Gasteiger charge is 2.28. The molecule has 0 radical (unpaired) electrons. The van der Waals surface area contributed by atoms with Crippen molar-refractivity contribution in [2.45, 2.75) is 11.4 Å². The van der Waals surface area contributed by atoms with Crippen LogP contribution in [0.2, 0.25) is 5.02 Å². The monoisotopic (exact) mass is 404 g/mol. The van der Waals surface area contributed by atoms with Gasteiger partial charge in [-0.15, -0.1) is 4.40 Å². The molecule has 0 atom stereocenters. The first-order valence-corrected chi connectivity index (χ1v) is 9.64. The molecule has 8 nitrogen and oxygen atoms in total. The summed E-state index contributed by atoms with van der Waals surface area (Å²) in [4.78, 5) is 3.97. The molecule has 0 saturated carbocycles. The molecule has 4 rings (SSSR count). The number of anilines is 1. The number of guanidine groups is 1. The van der Waals surface area contributed by atoms with Crippen LogP contribution >= 0.6 is 11.6 Å². The zero-order valence-electron chi connectivity index (χ0n) is 13.7. The Morgan fingerprint density at radius 3 is 2.74 bits per heavy atom. The lowest BCUT2D eigenvalue weighted by Gasteiger charge is -2.21. The molecular weight excluding hydrogens is 392 g/mol. The fourth-order valence-electron chi connectivity index (χ4n) is 2.47. The molecule has 2 aromatic carbocycles. The van der Waals surface area contributed by atoms with Crippen LogP contribution in [0.15, 0.2) is 68.6 Å². The number of nitrogens with one attached hydrogen (secondary N) is 2. The van der Waals surface area contributed by atoms with Crippen LogP contribution in [0.4, 0.5) is 5.69 Å². The Labute approximate surface area is 159 Å². The summed E-state index contributed by atoms with van der Waals surface area (Å²) in [5, 5.41) is 6.20. The number of hydrogen-bond acceptors (Lipinski definition) is 7. The quantitative estimate of drug-likeness (QED) is 0.686. The number of rotatable bonds is 4. The van der Waals surface area contributed by atoms with Gasteiger partial charge in [-0.1, -0.05) is 29.8 Å². The van der Waals surface area contributed by atoms with Crippen LogP contribution in [-0.4, -0.2) is 19.4 Å². The van der Waals surface area contributed by atoms with E-state index in [0.29, 0.717) is 22.4 Å². The zero-order chi connectivity index (χ0) is 18.9. The molecule has 138 valence electrons. The van der Waals surface area contributed by atoms with E-state index in [-0.39, 0.29) is 23.1 Å². The normalized spacial score (nSPS) is 14.6. The van der Waals surface area contributed by atoms with Crippen LogP contribution in [0.25, 0.3) is 0 Å². The van der Waals surface area contributed by atoms with Crippen molar-refractivity contribution >= 4 is 33.3 Å². The van der Waals surface area contributed by atoms with E-state index in [4.69, 9.17) is 20.8 Å². The molecule has 0 unspecified atom stereocenters. The van der Waals surface area contributed by atoms with Crippen molar-refractivity contribution in [2.75, 3.05) is 5.32 Å². The summed E-state index contributed by atoms with van der Waals surface area (Å²) in [5.41, 5.74) is 0.266. The van der Waals surface area contributed by atoms with Crippen LogP contribution in [0, 0.1) is 0 Å². The Morgan fingerprint density at radius 2 is 1.96 bits per heavy atom. The Kier molecular flexibility index (Phi) is 4.46. The summed E-state index contributed by atoms with van der Waals surface area (Å²) in [5.74, 6) is 1.14. The SMILES string of the molecule is O=S1(=O)N=C(NCc2ncco2)Nc2c(Oc3ccccc3Cl)cccc21. The summed E-state index contributed by atoms with van der Waals surface area (Å²) in [6, 6.07) is 11.6. The lowest BCUT2D eigenvalue weighted by Crippen LogP contribution is -2.34. The molecular formula is C17H13ClN4O4S. The Hall–Kier alpha value is -3.04. The fourth-order valence-corrected chi connectivity index (χ4v) is 3.75. The van der Waals surface area contributed by atoms with Crippen LogP contribution in [0.5, 0.6) is 11.5 Å². The number of para-hydroxylation sites is 2. The van der Waals surface area contributed by atoms with E-state index in [2.05, 4.69) is 20.0 Å². The number of benzene rings is 2. The minimum atomic E-state index is -3.91. The van der Waals surface area contributed by atoms with Gasteiger partial charge in [0.15, 0.2) is 5.75 Å². The summed E-state index contributed by atoms with van der Waals surface area (Å²) in [6.45, 7) is 0.164. The summed E-state index contributed by atoms with van der Waals surface area (Å²) in [6.07, 6.45) is 2.92. The molecule has 1 aliphatic rings. The predicted octanol–water partition coefficient (Wildman–Crippen LogP) is 3.38. The number of halogens is 1. The standard InChI is InChI=1S/C17H13ClN4O4S/c18-11-4-1-2-5-12(11)26-13-6-3-7-14-16(13)21-17(22-27(14,23)24)20-10-15-19-8-9-25-15/h1-9H,10H2,(H2,20,21,22). The second kappa shape index (κ2) is 6.93. The maximum absolute atomic E-state index is 12.5. The first kappa shape index (κ1) is 17.4. The van der Waals surface area contributed by atoms with Gasteiger partial charge in [-0.05, 0) is 24.3 Å². The van der Waals surface area contributed by atoms with Gasteiger partial charge in [0, 0.05) is 0 Å². The first-order chi connectivity index (χ1) is 13.0. The Morgan fingerprint density at radius 1 is 1.15 bits per heavy atom. The third kappa shape index (κ3) is 3.60. The summed E-state index contributed by atoms with van der Waals surface area (Å²) in [7, 11) is -3.91. The highest BCUT2D eigenvalue weighted by molar-refractivity contribution is 7.90. The smallest absolute Gasteiger partial charge is 0.287 e. The van der Waals surface area contributed by atoms with Crippen molar-refractivity contribution in [1.29, 1.82) is 0 Å². The molecule has 3 aromatic rings. The van der Waals surface area contributed by atoms with Gasteiger partial charge in [0.2, 0.25) is 11.9 Å². The molecule has 0 aliphatic carbocycles. The van der Waals surface area contributed by atoms with Gasteiger partial charge in [-0.2, -0.15) is 8.42 Å². The average molecular weight is 405 g/mol. The molecule has 0 saturated heterocycles. The lowest BCUT2D eigenvalue weighted by atomic mass is 10.2. The Bertz CT molecular complexity index is 1110. The van der Waals surface area contributed by atoms with E-state index in [0.717, 1.165) is 0 Å². The minimum absolute atomic E-state index is 0.00808. The van der Waals surface area contributed by atoms with Crippen LogP contribution in [-0.2, 0) is 16.6 Å². The first-order valence-electron chi connectivity index (χ1n) is 7.82. The van der Waals surface area contributed by atoms with E-state index in [1.54, 1.807) is 36.4 Å². The molecule has 2 N–H and O–H groups in total. The Balaban J connectivity index is 1.65. The van der Waals surface area contributed by atoms with Gasteiger partial charge in [-0.3, -0.25) is 0 Å². The number of fused-ring (bicyclic) bond motifs is 1. The van der Waals surface area contributed by atoms with Crippen LogP contribution in [0.1, 0.15) is 5.89 Å². The minimum Gasteiger partial charge on any atom is -0.454 e. The van der Waals surface area contributed by atoms with Gasteiger partial charge in [0.05, 0.1) is 17.8 Å². The molecule has 27 heavy (non-hydrogen) atoms. The number of ether oxygens (including phenoxy) is 1. The maximum Gasteiger partial charge on any atom is 0.287 e. The lowest BCUT2D eigenvalue weighted by molar-refractivity contribution is 0.482. The van der Waals surface area contributed by atoms with Gasteiger partial charge in [0.25, 0.3) is 10.0 Å². The largest absolute Gasteiger partial charge is 0.454 e. The number of aromatic nitrogens is 1. The van der Waals surface area contributed by atoms with Gasteiger partial charge in [-0.25, -0.2) is 4.98 Å². The van der Waals surface area contributed by atoms with Crippen LogP contribution < -0.4 is 15.4 Å². The molecule has 1 aliphatic heterocycles. The van der Waals surface area contributed by atoms with Gasteiger partial charge >= 0.3 is 0 Å². The van der Waals surface area contributed by atoms with Gasteiger partial charge < -0.3 is 19.8 Å². The van der Waals surface area contributed by atoms with Gasteiger partial charge in [0.1, 0.15) is 22.6 Å². The topological polar surface area (TPSA) is 106 Å². The van der Waals surface area contributed by atoms with E-state index in [9.17, 15) is 8.42 Å². The van der Waals surface area contributed by atoms with Crippen molar-refractivity contribution in [3.05, 3.63) is 65.8 Å². The molecule has 1 aromatic heterocycles. The molecule has 0 amide bonds. The average Bonchev–Trinajstić information content (AvgIpc) is 3.16. The molecule has 10 heteroatoms. The number of sulfonamides is 1. The van der Waals surface area contributed by atoms with E-state index < -0.39 is 10.0 Å². The van der Waals surface area contributed by atoms with Crippen molar-refractivity contribution in [3.63, 3.8) is 0 Å². The highest BCUT2D eigenvalue weighted by atomic mass is 35.5. The van der Waals surface area contributed by atoms with Crippen LogP contribution in [0.3, 0.4) is 0 Å². The second-order valence-electron chi connectivity index (χ2n) is 5.48. The molecule has 0 bridgehead atoms. The zero-order valence-corrected chi connectivity index (χ0v) is 15.3. The third-order valence-electron chi connectivity index (χ3n) is 3.67. The predicted molar refractivity (Wildman–Crippen MR) is 99.6 cm³/mol. The molecule has 0 spiro atoms. The number of oxazole rings is 1. The van der Waals surface area contributed by atoms with Crippen molar-refractivity contribution in [2.24, 2.45) is 4.40 Å². The summed E-state index contributed by atoms with van der Waals surface area (Å²) >= 11 is 6.13. The molecule has 0 fully saturated rings. The second-order valence-corrected chi connectivity index (χ2v) is 7.46. The summed E-state index contributed by atoms with van der Waals surface area (Å²) < 4.78 is 39.7. The molecule has 2 heterocycles. The van der Waals surface area contributed by atoms with E-state index >= 15 is 0 Å². The highest BCUT2D eigenvalue weighted by Crippen LogP contribution is 2.39. The van der Waals surface area contributed by atoms with E-state index in [1.165, 1.54) is 18.5 Å². The third-order valence-corrected chi connectivity index (χ3v) is 5.30. The maximum atomic E-state index is 12.5. The van der Waals surface area contributed by atoms with E-state index in [1.807, 2.05) is 0 Å². The number of nitrogens with zero attached hydrogens (tertiary/aromatic N) is 2. The fraction of sp³-hybridized carbons (Fsp3) is 0.0588.